The van der Waals surface area contributed by atoms with Gasteiger partial charge in [0.25, 0.3) is 11.8 Å². The van der Waals surface area contributed by atoms with E-state index in [2.05, 4.69) is 35.6 Å². The summed E-state index contributed by atoms with van der Waals surface area (Å²) in [4.78, 5) is 35.3. The summed E-state index contributed by atoms with van der Waals surface area (Å²) in [5.41, 5.74) is 1.65. The van der Waals surface area contributed by atoms with Gasteiger partial charge in [-0.2, -0.15) is 4.98 Å². The number of aromatic nitrogens is 7. The lowest BCUT2D eigenvalue weighted by Gasteiger charge is -2.10. The summed E-state index contributed by atoms with van der Waals surface area (Å²) < 4.78 is 19.7. The first-order valence-corrected chi connectivity index (χ1v) is 10.4. The molecule has 11 nitrogen and oxygen atoms in total. The van der Waals surface area contributed by atoms with E-state index in [1.165, 1.54) is 42.9 Å². The van der Waals surface area contributed by atoms with Crippen molar-refractivity contribution in [1.82, 2.24) is 35.1 Å². The highest BCUT2D eigenvalue weighted by molar-refractivity contribution is 6.28. The van der Waals surface area contributed by atoms with Crippen LogP contribution in [0, 0.1) is 5.82 Å². The molecule has 3 aromatic heterocycles. The molecule has 0 aliphatic carbocycles. The molecule has 5 rings (SSSR count). The first-order valence-electron chi connectivity index (χ1n) is 10.1. The lowest BCUT2D eigenvalue weighted by Crippen LogP contribution is -2.16. The molecule has 0 saturated carbocycles. The van der Waals surface area contributed by atoms with Gasteiger partial charge in [0, 0.05) is 29.7 Å². The molecule has 35 heavy (non-hydrogen) atoms. The van der Waals surface area contributed by atoms with E-state index in [1.807, 2.05) is 6.07 Å². The van der Waals surface area contributed by atoms with E-state index in [-0.39, 0.29) is 34.9 Å². The van der Waals surface area contributed by atoms with E-state index in [1.54, 1.807) is 18.2 Å². The van der Waals surface area contributed by atoms with Crippen LogP contribution in [0.1, 0.15) is 16.1 Å². The quantitative estimate of drug-likeness (QED) is 0.339. The van der Waals surface area contributed by atoms with Gasteiger partial charge in [-0.1, -0.05) is 17.0 Å². The van der Waals surface area contributed by atoms with Gasteiger partial charge < -0.3 is 14.9 Å². The molecule has 0 unspecified atom stereocenters. The van der Waals surface area contributed by atoms with Crippen molar-refractivity contribution >= 4 is 34.2 Å². The van der Waals surface area contributed by atoms with Gasteiger partial charge in [-0.05, 0) is 47.1 Å². The normalized spacial score (nSPS) is 10.8. The lowest BCUT2D eigenvalue weighted by molar-refractivity contribution is 0.102. The van der Waals surface area contributed by atoms with Crippen LogP contribution in [-0.2, 0) is 6.61 Å². The maximum atomic E-state index is 14.2. The molecule has 0 spiro atoms. The molecule has 1 amide bonds. The minimum Gasteiger partial charge on any atom is -0.472 e. The maximum absolute atomic E-state index is 14.2. The Hall–Kier alpha value is -4.71. The van der Waals surface area contributed by atoms with E-state index in [0.29, 0.717) is 16.7 Å². The number of ether oxygens (including phenoxy) is 1. The zero-order valence-corrected chi connectivity index (χ0v) is 18.4. The SMILES string of the molecule is O=C(Nc1ccc(F)c(COc2cnccn2)c1)c1cc(On2nnc3ccccc32)nc(Cl)n1. The fraction of sp³-hybridized carbons (Fsp3) is 0.0455. The second-order valence-corrected chi connectivity index (χ2v) is 7.33. The predicted octanol–water partition coefficient (Wildman–Crippen LogP) is 3.48. The van der Waals surface area contributed by atoms with E-state index >= 15 is 0 Å². The molecule has 2 aromatic carbocycles. The molecule has 1 N–H and O–H groups in total. The van der Waals surface area contributed by atoms with Crippen molar-refractivity contribution in [1.29, 1.82) is 0 Å². The number of rotatable bonds is 7. The Bertz CT molecular complexity index is 1520. The van der Waals surface area contributed by atoms with E-state index in [9.17, 15) is 9.18 Å². The van der Waals surface area contributed by atoms with Gasteiger partial charge in [0.15, 0.2) is 0 Å². The van der Waals surface area contributed by atoms with Crippen LogP contribution in [0.4, 0.5) is 10.1 Å². The molecular formula is C22H14ClFN8O3. The number of hydrogen-bond donors (Lipinski definition) is 1. The van der Waals surface area contributed by atoms with Gasteiger partial charge in [0.1, 0.15) is 29.2 Å². The van der Waals surface area contributed by atoms with Crippen LogP contribution in [0.5, 0.6) is 11.8 Å². The number of para-hydroxylation sites is 1. The number of anilines is 1. The number of nitrogens with zero attached hydrogens (tertiary/aromatic N) is 7. The summed E-state index contributed by atoms with van der Waals surface area (Å²) in [6.45, 7) is -0.114. The van der Waals surface area contributed by atoms with E-state index < -0.39 is 11.7 Å². The molecule has 0 aliphatic heterocycles. The number of fused-ring (bicyclic) bond motifs is 1. The third-order valence-corrected chi connectivity index (χ3v) is 4.80. The van der Waals surface area contributed by atoms with Gasteiger partial charge in [0.05, 0.1) is 6.20 Å². The van der Waals surface area contributed by atoms with Crippen LogP contribution in [0.25, 0.3) is 11.0 Å². The highest BCUT2D eigenvalue weighted by Crippen LogP contribution is 2.20. The second kappa shape index (κ2) is 9.65. The monoisotopic (exact) mass is 492 g/mol. The Morgan fingerprint density at radius 3 is 2.83 bits per heavy atom. The molecule has 0 saturated heterocycles. The molecule has 3 heterocycles. The number of carbonyl (C=O) groups excluding carboxylic acids is 1. The molecule has 174 valence electrons. The highest BCUT2D eigenvalue weighted by Gasteiger charge is 2.15. The van der Waals surface area contributed by atoms with E-state index in [0.717, 1.165) is 4.85 Å². The minimum absolute atomic E-state index is 0.0250. The molecule has 0 atom stereocenters. The Kier molecular flexibility index (Phi) is 6.09. The summed E-state index contributed by atoms with van der Waals surface area (Å²) in [7, 11) is 0. The van der Waals surface area contributed by atoms with Crippen molar-refractivity contribution in [2.24, 2.45) is 0 Å². The summed E-state index contributed by atoms with van der Waals surface area (Å²) in [5.74, 6) is -0.907. The maximum Gasteiger partial charge on any atom is 0.274 e. The predicted molar refractivity (Wildman–Crippen MR) is 121 cm³/mol. The summed E-state index contributed by atoms with van der Waals surface area (Å²) >= 11 is 6.00. The first kappa shape index (κ1) is 22.1. The molecule has 0 fully saturated rings. The van der Waals surface area contributed by atoms with Crippen molar-refractivity contribution < 1.29 is 18.8 Å². The minimum atomic E-state index is -0.616. The second-order valence-electron chi connectivity index (χ2n) is 7.00. The fourth-order valence-corrected chi connectivity index (χ4v) is 3.21. The Morgan fingerprint density at radius 1 is 1.09 bits per heavy atom. The average molecular weight is 493 g/mol. The smallest absolute Gasteiger partial charge is 0.274 e. The first-order chi connectivity index (χ1) is 17.0. The van der Waals surface area contributed by atoms with Crippen LogP contribution >= 0.6 is 11.6 Å². The Balaban J connectivity index is 1.32. The van der Waals surface area contributed by atoms with Gasteiger partial charge in [-0.15, -0.1) is 5.10 Å². The highest BCUT2D eigenvalue weighted by atomic mass is 35.5. The third kappa shape index (κ3) is 5.12. The number of carbonyl (C=O) groups is 1. The van der Waals surface area contributed by atoms with Crippen molar-refractivity contribution in [3.05, 3.63) is 89.5 Å². The third-order valence-electron chi connectivity index (χ3n) is 4.63. The van der Waals surface area contributed by atoms with Crippen LogP contribution in [0.3, 0.4) is 0 Å². The van der Waals surface area contributed by atoms with Crippen molar-refractivity contribution in [3.63, 3.8) is 0 Å². The number of benzene rings is 2. The Morgan fingerprint density at radius 2 is 1.97 bits per heavy atom. The average Bonchev–Trinajstić information content (AvgIpc) is 3.27. The summed E-state index contributed by atoms with van der Waals surface area (Å²) in [5, 5.41) is 10.3. The number of nitrogens with one attached hydrogen (secondary N) is 1. The van der Waals surface area contributed by atoms with Crippen LogP contribution < -0.4 is 14.9 Å². The molecule has 0 bridgehead atoms. The number of amides is 1. The van der Waals surface area contributed by atoms with Gasteiger partial charge >= 0.3 is 0 Å². The zero-order chi connectivity index (χ0) is 24.2. The lowest BCUT2D eigenvalue weighted by atomic mass is 10.2. The van der Waals surface area contributed by atoms with E-state index in [4.69, 9.17) is 21.2 Å². The number of halogens is 2. The van der Waals surface area contributed by atoms with Crippen molar-refractivity contribution in [2.45, 2.75) is 6.61 Å². The van der Waals surface area contributed by atoms with Gasteiger partial charge in [-0.25, -0.2) is 14.4 Å². The fourth-order valence-electron chi connectivity index (χ4n) is 3.03. The van der Waals surface area contributed by atoms with Crippen molar-refractivity contribution in [3.8, 4) is 11.8 Å². The van der Waals surface area contributed by atoms with Crippen molar-refractivity contribution in [2.75, 3.05) is 5.32 Å². The van der Waals surface area contributed by atoms with Crippen LogP contribution in [0.2, 0.25) is 5.28 Å². The molecule has 0 radical (unpaired) electrons. The Labute approximate surface area is 201 Å². The summed E-state index contributed by atoms with van der Waals surface area (Å²) in [6, 6.07) is 12.5. The van der Waals surface area contributed by atoms with Crippen LogP contribution in [-0.4, -0.2) is 41.0 Å². The van der Waals surface area contributed by atoms with Gasteiger partial charge in [-0.3, -0.25) is 9.78 Å². The largest absolute Gasteiger partial charge is 0.472 e. The molecule has 13 heteroatoms. The zero-order valence-electron chi connectivity index (χ0n) is 17.7. The molecule has 5 aromatic rings. The topological polar surface area (TPSA) is 130 Å². The van der Waals surface area contributed by atoms with Crippen LogP contribution in [0.15, 0.2) is 67.1 Å². The standard InChI is InChI=1S/C22H14ClFN8O3/c23-22-28-17(10-19(29-22)35-32-18-4-2-1-3-16(18)30-31-32)21(33)27-14-5-6-15(24)13(9-14)12-34-20-11-25-7-8-26-20/h1-11H,12H2,(H,27,33). The number of hydrogen-bond acceptors (Lipinski definition) is 9. The van der Waals surface area contributed by atoms with Gasteiger partial charge in [0.2, 0.25) is 11.2 Å². The molecular weight excluding hydrogens is 479 g/mol. The molecule has 0 aliphatic rings. The summed E-state index contributed by atoms with van der Waals surface area (Å²) in [6.07, 6.45) is 4.36.